The zero-order chi connectivity index (χ0) is 15.1. The van der Waals surface area contributed by atoms with E-state index in [1.165, 1.54) is 16.8 Å². The summed E-state index contributed by atoms with van der Waals surface area (Å²) in [7, 11) is 4.76. The van der Waals surface area contributed by atoms with Gasteiger partial charge in [0, 0.05) is 37.6 Å². The standard InChI is InChI=1S/C12H17ClN2O4S/c1-8-10(4-5-19-8)15(3)12(16)11-6-9(7-14(11)2)20(13,17)18/h6-8,10H,4-5H2,1-3H3. The van der Waals surface area contributed by atoms with Gasteiger partial charge in [0.25, 0.3) is 15.0 Å². The van der Waals surface area contributed by atoms with Gasteiger partial charge in [-0.05, 0) is 19.4 Å². The van der Waals surface area contributed by atoms with Crippen molar-refractivity contribution in [3.63, 3.8) is 0 Å². The van der Waals surface area contributed by atoms with Gasteiger partial charge in [0.1, 0.15) is 10.6 Å². The fraction of sp³-hybridized carbons (Fsp3) is 0.583. The second kappa shape index (κ2) is 5.38. The number of carbonyl (C=O) groups is 1. The van der Waals surface area contributed by atoms with E-state index in [1.54, 1.807) is 19.0 Å². The average Bonchev–Trinajstić information content (AvgIpc) is 2.93. The zero-order valence-corrected chi connectivity index (χ0v) is 13.1. The van der Waals surface area contributed by atoms with E-state index in [0.717, 1.165) is 6.42 Å². The highest BCUT2D eigenvalue weighted by molar-refractivity contribution is 8.13. The lowest BCUT2D eigenvalue weighted by atomic mass is 10.1. The number of aromatic nitrogens is 1. The maximum atomic E-state index is 12.4. The van der Waals surface area contributed by atoms with Crippen LogP contribution in [-0.4, -0.2) is 49.6 Å². The SMILES string of the molecule is CC1OCCC1N(C)C(=O)c1cc(S(=O)(=O)Cl)cn1C. The van der Waals surface area contributed by atoms with Crippen molar-refractivity contribution < 1.29 is 17.9 Å². The molecule has 0 radical (unpaired) electrons. The first-order valence-corrected chi connectivity index (χ1v) is 8.52. The summed E-state index contributed by atoms with van der Waals surface area (Å²) in [5.41, 5.74) is 0.283. The number of rotatable bonds is 3. The van der Waals surface area contributed by atoms with E-state index in [-0.39, 0.29) is 28.6 Å². The molecule has 1 aromatic heterocycles. The molecule has 0 saturated carbocycles. The number of hydrogen-bond acceptors (Lipinski definition) is 4. The van der Waals surface area contributed by atoms with Crippen LogP contribution in [-0.2, 0) is 20.8 Å². The third-order valence-corrected chi connectivity index (χ3v) is 4.96. The minimum Gasteiger partial charge on any atom is -0.376 e. The average molecular weight is 321 g/mol. The van der Waals surface area contributed by atoms with Gasteiger partial charge in [-0.3, -0.25) is 4.79 Å². The largest absolute Gasteiger partial charge is 0.376 e. The Morgan fingerprint density at radius 1 is 1.55 bits per heavy atom. The highest BCUT2D eigenvalue weighted by Gasteiger charge is 2.32. The van der Waals surface area contributed by atoms with Gasteiger partial charge in [0.15, 0.2) is 0 Å². The number of hydrogen-bond donors (Lipinski definition) is 0. The number of ether oxygens (including phenoxy) is 1. The maximum Gasteiger partial charge on any atom is 0.270 e. The van der Waals surface area contributed by atoms with E-state index in [9.17, 15) is 13.2 Å². The van der Waals surface area contributed by atoms with Crippen LogP contribution >= 0.6 is 10.7 Å². The summed E-state index contributed by atoms with van der Waals surface area (Å²) in [6.07, 6.45) is 2.08. The van der Waals surface area contributed by atoms with Crippen molar-refractivity contribution in [1.82, 2.24) is 9.47 Å². The summed E-state index contributed by atoms with van der Waals surface area (Å²) >= 11 is 0. The van der Waals surface area contributed by atoms with Crippen LogP contribution in [0.1, 0.15) is 23.8 Å². The van der Waals surface area contributed by atoms with Crippen LogP contribution in [0.4, 0.5) is 0 Å². The van der Waals surface area contributed by atoms with Crippen molar-refractivity contribution in [3.05, 3.63) is 18.0 Å². The third kappa shape index (κ3) is 2.84. The molecule has 1 amide bonds. The van der Waals surface area contributed by atoms with Gasteiger partial charge in [-0.15, -0.1) is 0 Å². The van der Waals surface area contributed by atoms with E-state index >= 15 is 0 Å². The predicted octanol–water partition coefficient (Wildman–Crippen LogP) is 1.20. The molecule has 1 aliphatic heterocycles. The molecule has 0 N–H and O–H groups in total. The van der Waals surface area contributed by atoms with Crippen molar-refractivity contribution in [3.8, 4) is 0 Å². The van der Waals surface area contributed by atoms with Gasteiger partial charge < -0.3 is 14.2 Å². The Balaban J connectivity index is 2.27. The summed E-state index contributed by atoms with van der Waals surface area (Å²) in [6, 6.07) is 1.29. The molecular formula is C12H17ClN2O4S. The highest BCUT2D eigenvalue weighted by atomic mass is 35.7. The van der Waals surface area contributed by atoms with Crippen molar-refractivity contribution in [2.75, 3.05) is 13.7 Å². The molecule has 0 aliphatic carbocycles. The van der Waals surface area contributed by atoms with Crippen LogP contribution < -0.4 is 0 Å². The Morgan fingerprint density at radius 2 is 2.20 bits per heavy atom. The maximum absolute atomic E-state index is 12.4. The van der Waals surface area contributed by atoms with E-state index in [2.05, 4.69) is 0 Å². The van der Waals surface area contributed by atoms with Gasteiger partial charge in [0.05, 0.1) is 12.1 Å². The van der Waals surface area contributed by atoms with E-state index in [1.807, 2.05) is 6.92 Å². The Morgan fingerprint density at radius 3 is 2.65 bits per heavy atom. The third-order valence-electron chi connectivity index (χ3n) is 3.63. The molecule has 2 atom stereocenters. The molecule has 0 spiro atoms. The molecule has 8 heteroatoms. The molecule has 0 bridgehead atoms. The first-order valence-electron chi connectivity index (χ1n) is 6.21. The van der Waals surface area contributed by atoms with Crippen LogP contribution in [0.3, 0.4) is 0 Å². The van der Waals surface area contributed by atoms with E-state index < -0.39 is 9.05 Å². The number of carbonyl (C=O) groups excluding carboxylic acids is 1. The van der Waals surface area contributed by atoms with Crippen molar-refractivity contribution in [1.29, 1.82) is 0 Å². The molecule has 1 aliphatic rings. The minimum absolute atomic E-state index is 0.00606. The van der Waals surface area contributed by atoms with Gasteiger partial charge in [-0.2, -0.15) is 0 Å². The number of halogens is 1. The smallest absolute Gasteiger partial charge is 0.270 e. The lowest BCUT2D eigenvalue weighted by molar-refractivity contribution is 0.0567. The number of aryl methyl sites for hydroxylation is 1. The number of nitrogens with zero attached hydrogens (tertiary/aromatic N) is 2. The summed E-state index contributed by atoms with van der Waals surface area (Å²) in [5.74, 6) is -0.249. The second-order valence-electron chi connectivity index (χ2n) is 4.96. The minimum atomic E-state index is -3.84. The summed E-state index contributed by atoms with van der Waals surface area (Å²) in [5, 5.41) is 0. The predicted molar refractivity (Wildman–Crippen MR) is 74.4 cm³/mol. The fourth-order valence-electron chi connectivity index (χ4n) is 2.44. The lowest BCUT2D eigenvalue weighted by Gasteiger charge is -2.26. The van der Waals surface area contributed by atoms with Crippen LogP contribution in [0.2, 0.25) is 0 Å². The number of likely N-dealkylation sites (N-methyl/N-ethyl adjacent to an activating group) is 1. The molecule has 1 saturated heterocycles. The second-order valence-corrected chi connectivity index (χ2v) is 7.52. The molecule has 0 aromatic carbocycles. The fourth-order valence-corrected chi connectivity index (χ4v) is 3.23. The first kappa shape index (κ1) is 15.3. The van der Waals surface area contributed by atoms with Crippen molar-refractivity contribution in [2.24, 2.45) is 7.05 Å². The molecule has 20 heavy (non-hydrogen) atoms. The summed E-state index contributed by atoms with van der Waals surface area (Å²) in [6.45, 7) is 2.54. The monoisotopic (exact) mass is 320 g/mol. The lowest BCUT2D eigenvalue weighted by Crippen LogP contribution is -2.41. The Bertz CT molecular complexity index is 625. The molecule has 2 unspecified atom stereocenters. The summed E-state index contributed by atoms with van der Waals surface area (Å²) < 4.78 is 29.5. The van der Waals surface area contributed by atoms with Crippen molar-refractivity contribution >= 4 is 25.6 Å². The number of amides is 1. The summed E-state index contributed by atoms with van der Waals surface area (Å²) in [4.78, 5) is 14.0. The molecule has 6 nitrogen and oxygen atoms in total. The quantitative estimate of drug-likeness (QED) is 0.785. The molecule has 2 rings (SSSR count). The van der Waals surface area contributed by atoms with Gasteiger partial charge in [0.2, 0.25) is 0 Å². The normalized spacial score (nSPS) is 23.0. The topological polar surface area (TPSA) is 68.6 Å². The van der Waals surface area contributed by atoms with Gasteiger partial charge >= 0.3 is 0 Å². The van der Waals surface area contributed by atoms with E-state index in [0.29, 0.717) is 6.61 Å². The van der Waals surface area contributed by atoms with Crippen LogP contribution in [0.15, 0.2) is 17.2 Å². The first-order chi connectivity index (χ1) is 9.21. The van der Waals surface area contributed by atoms with Crippen LogP contribution in [0.5, 0.6) is 0 Å². The Labute approximate surface area is 122 Å². The van der Waals surface area contributed by atoms with E-state index in [4.69, 9.17) is 15.4 Å². The van der Waals surface area contributed by atoms with Crippen LogP contribution in [0.25, 0.3) is 0 Å². The highest BCUT2D eigenvalue weighted by Crippen LogP contribution is 2.22. The van der Waals surface area contributed by atoms with Crippen molar-refractivity contribution in [2.45, 2.75) is 30.4 Å². The molecule has 2 heterocycles. The van der Waals surface area contributed by atoms with Gasteiger partial charge in [-0.1, -0.05) is 0 Å². The molecular weight excluding hydrogens is 304 g/mol. The van der Waals surface area contributed by atoms with Crippen LogP contribution in [0, 0.1) is 0 Å². The van der Waals surface area contributed by atoms with Gasteiger partial charge in [-0.25, -0.2) is 8.42 Å². The molecule has 1 aromatic rings. The zero-order valence-electron chi connectivity index (χ0n) is 11.5. The Hall–Kier alpha value is -1.05. The molecule has 112 valence electrons. The Kier molecular flexibility index (Phi) is 4.13. The molecule has 1 fully saturated rings.